The van der Waals surface area contributed by atoms with Gasteiger partial charge in [-0.05, 0) is 31.9 Å². The van der Waals surface area contributed by atoms with Crippen LogP contribution in [0.15, 0.2) is 36.9 Å². The van der Waals surface area contributed by atoms with Gasteiger partial charge in [-0.25, -0.2) is 14.5 Å². The van der Waals surface area contributed by atoms with Gasteiger partial charge in [0.2, 0.25) is 0 Å². The Morgan fingerprint density at radius 2 is 2.12 bits per heavy atom. The lowest BCUT2D eigenvalue weighted by molar-refractivity contribution is 0.132. The van der Waals surface area contributed by atoms with Crippen molar-refractivity contribution in [1.82, 2.24) is 29.0 Å². The van der Waals surface area contributed by atoms with Gasteiger partial charge in [0.1, 0.15) is 5.82 Å². The van der Waals surface area contributed by atoms with Crippen LogP contribution in [-0.4, -0.2) is 35.6 Å². The highest BCUT2D eigenvalue weighted by Gasteiger charge is 2.26. The van der Waals surface area contributed by atoms with Gasteiger partial charge < -0.3 is 4.57 Å². The lowest BCUT2D eigenvalue weighted by atomic mass is 9.99. The topological polar surface area (TPSA) is 51.2 Å². The molecule has 0 spiro atoms. The van der Waals surface area contributed by atoms with E-state index >= 15 is 0 Å². The standard InChI is InChI=1S/C18H24N6/c1-2-10-22-13-9-19-18(22)14-23-11-4-3-5-16(23)15-7-12-24-17(21-15)6-8-20-24/h6-9,12-13,16H,2-5,10-11,14H2,1H3/t16-/m0/s1. The van der Waals surface area contributed by atoms with Gasteiger partial charge >= 0.3 is 0 Å². The van der Waals surface area contributed by atoms with Crippen molar-refractivity contribution in [3.8, 4) is 0 Å². The Morgan fingerprint density at radius 1 is 1.17 bits per heavy atom. The van der Waals surface area contributed by atoms with E-state index in [1.54, 1.807) is 6.20 Å². The smallest absolute Gasteiger partial charge is 0.155 e. The molecular formula is C18H24N6. The molecule has 0 N–H and O–H groups in total. The average Bonchev–Trinajstić information content (AvgIpc) is 3.24. The summed E-state index contributed by atoms with van der Waals surface area (Å²) in [5.41, 5.74) is 2.07. The molecule has 24 heavy (non-hydrogen) atoms. The van der Waals surface area contributed by atoms with Crippen molar-refractivity contribution in [3.63, 3.8) is 0 Å². The van der Waals surface area contributed by atoms with Crippen LogP contribution in [0.4, 0.5) is 0 Å². The van der Waals surface area contributed by atoms with Gasteiger partial charge in [0.25, 0.3) is 0 Å². The number of fused-ring (bicyclic) bond motifs is 1. The molecule has 1 aliphatic heterocycles. The quantitative estimate of drug-likeness (QED) is 0.724. The Hall–Kier alpha value is -2.21. The van der Waals surface area contributed by atoms with E-state index in [-0.39, 0.29) is 0 Å². The highest BCUT2D eigenvalue weighted by atomic mass is 15.3. The Kier molecular flexibility index (Phi) is 4.30. The summed E-state index contributed by atoms with van der Waals surface area (Å²) in [6.07, 6.45) is 12.6. The fraction of sp³-hybridized carbons (Fsp3) is 0.500. The van der Waals surface area contributed by atoms with Gasteiger partial charge in [-0.3, -0.25) is 4.90 Å². The Labute approximate surface area is 142 Å². The molecule has 6 nitrogen and oxygen atoms in total. The van der Waals surface area contributed by atoms with Crippen LogP contribution in [0, 0.1) is 0 Å². The van der Waals surface area contributed by atoms with Crippen LogP contribution in [0.5, 0.6) is 0 Å². The normalized spacial score (nSPS) is 19.1. The summed E-state index contributed by atoms with van der Waals surface area (Å²) in [5.74, 6) is 1.16. The van der Waals surface area contributed by atoms with E-state index in [0.717, 1.165) is 49.6 Å². The van der Waals surface area contributed by atoms with E-state index in [0.29, 0.717) is 6.04 Å². The van der Waals surface area contributed by atoms with Gasteiger partial charge in [-0.2, -0.15) is 5.10 Å². The Morgan fingerprint density at radius 3 is 3.04 bits per heavy atom. The Balaban J connectivity index is 1.59. The number of aromatic nitrogens is 5. The van der Waals surface area contributed by atoms with Crippen LogP contribution in [0.1, 0.15) is 50.2 Å². The summed E-state index contributed by atoms with van der Waals surface area (Å²) in [6.45, 7) is 5.24. The molecular weight excluding hydrogens is 300 g/mol. The van der Waals surface area contributed by atoms with Gasteiger partial charge in [0, 0.05) is 31.2 Å². The van der Waals surface area contributed by atoms with Gasteiger partial charge in [0.15, 0.2) is 5.65 Å². The third-order valence-corrected chi connectivity index (χ3v) is 4.85. The van der Waals surface area contributed by atoms with Crippen LogP contribution < -0.4 is 0 Å². The van der Waals surface area contributed by atoms with Crippen molar-refractivity contribution in [2.24, 2.45) is 0 Å². The van der Waals surface area contributed by atoms with E-state index < -0.39 is 0 Å². The number of nitrogens with zero attached hydrogens (tertiary/aromatic N) is 6. The maximum Gasteiger partial charge on any atom is 0.155 e. The highest BCUT2D eigenvalue weighted by molar-refractivity contribution is 5.37. The lowest BCUT2D eigenvalue weighted by Crippen LogP contribution is -2.34. The predicted molar refractivity (Wildman–Crippen MR) is 92.5 cm³/mol. The number of hydrogen-bond donors (Lipinski definition) is 0. The molecule has 3 aromatic heterocycles. The van der Waals surface area contributed by atoms with Crippen LogP contribution in [0.25, 0.3) is 5.65 Å². The maximum absolute atomic E-state index is 4.83. The molecule has 0 saturated carbocycles. The van der Waals surface area contributed by atoms with Gasteiger partial charge in [-0.15, -0.1) is 0 Å². The first-order chi connectivity index (χ1) is 11.8. The first-order valence-corrected chi connectivity index (χ1v) is 8.89. The molecule has 0 bridgehead atoms. The number of piperidine rings is 1. The molecule has 4 rings (SSSR count). The van der Waals surface area contributed by atoms with Crippen LogP contribution >= 0.6 is 0 Å². The summed E-state index contributed by atoms with van der Waals surface area (Å²) in [6, 6.07) is 4.44. The number of hydrogen-bond acceptors (Lipinski definition) is 4. The zero-order chi connectivity index (χ0) is 16.4. The van der Waals surface area contributed by atoms with Crippen molar-refractivity contribution in [2.45, 2.75) is 51.7 Å². The van der Waals surface area contributed by atoms with E-state index in [2.05, 4.69) is 38.7 Å². The number of likely N-dealkylation sites (tertiary alicyclic amines) is 1. The molecule has 0 unspecified atom stereocenters. The zero-order valence-electron chi connectivity index (χ0n) is 14.2. The fourth-order valence-electron chi connectivity index (χ4n) is 3.65. The molecule has 6 heteroatoms. The minimum Gasteiger partial charge on any atom is -0.334 e. The zero-order valence-corrected chi connectivity index (χ0v) is 14.2. The molecule has 3 aromatic rings. The van der Waals surface area contributed by atoms with Crippen LogP contribution in [0.2, 0.25) is 0 Å². The summed E-state index contributed by atoms with van der Waals surface area (Å²) in [5, 5.41) is 4.24. The molecule has 1 fully saturated rings. The highest BCUT2D eigenvalue weighted by Crippen LogP contribution is 2.31. The minimum absolute atomic E-state index is 0.366. The van der Waals surface area contributed by atoms with Gasteiger partial charge in [-0.1, -0.05) is 13.3 Å². The third-order valence-electron chi connectivity index (χ3n) is 4.85. The van der Waals surface area contributed by atoms with Crippen LogP contribution in [-0.2, 0) is 13.1 Å². The molecule has 0 amide bonds. The summed E-state index contributed by atoms with van der Waals surface area (Å²) in [4.78, 5) is 11.9. The monoisotopic (exact) mass is 324 g/mol. The van der Waals surface area contributed by atoms with E-state index in [4.69, 9.17) is 4.98 Å². The molecule has 126 valence electrons. The lowest BCUT2D eigenvalue weighted by Gasteiger charge is -2.35. The van der Waals surface area contributed by atoms with Crippen molar-refractivity contribution in [2.75, 3.05) is 6.54 Å². The van der Waals surface area contributed by atoms with Crippen molar-refractivity contribution < 1.29 is 0 Å². The molecule has 1 aliphatic rings. The summed E-state index contributed by atoms with van der Waals surface area (Å²) >= 11 is 0. The second kappa shape index (κ2) is 6.73. The molecule has 0 aliphatic carbocycles. The van der Waals surface area contributed by atoms with Crippen LogP contribution in [0.3, 0.4) is 0 Å². The molecule has 0 aromatic carbocycles. The largest absolute Gasteiger partial charge is 0.334 e. The predicted octanol–water partition coefficient (Wildman–Crippen LogP) is 3.06. The second-order valence-corrected chi connectivity index (χ2v) is 6.51. The van der Waals surface area contributed by atoms with Crippen molar-refractivity contribution >= 4 is 5.65 Å². The summed E-state index contributed by atoms with van der Waals surface area (Å²) < 4.78 is 4.10. The first-order valence-electron chi connectivity index (χ1n) is 8.89. The SMILES string of the molecule is CCCn1ccnc1CN1CCCC[C@H]1c1ccn2nccc2n1. The average molecular weight is 324 g/mol. The number of aryl methyl sites for hydroxylation is 1. The molecule has 1 saturated heterocycles. The first kappa shape index (κ1) is 15.3. The minimum atomic E-state index is 0.366. The number of imidazole rings is 1. The number of rotatable bonds is 5. The van der Waals surface area contributed by atoms with E-state index in [1.807, 2.05) is 23.0 Å². The maximum atomic E-state index is 4.83. The van der Waals surface area contributed by atoms with Crippen molar-refractivity contribution in [1.29, 1.82) is 0 Å². The second-order valence-electron chi connectivity index (χ2n) is 6.51. The van der Waals surface area contributed by atoms with E-state index in [9.17, 15) is 0 Å². The molecule has 0 radical (unpaired) electrons. The molecule has 4 heterocycles. The van der Waals surface area contributed by atoms with Crippen molar-refractivity contribution in [3.05, 3.63) is 48.4 Å². The fourth-order valence-corrected chi connectivity index (χ4v) is 3.65. The third kappa shape index (κ3) is 2.94. The van der Waals surface area contributed by atoms with E-state index in [1.165, 1.54) is 12.8 Å². The molecule has 1 atom stereocenters. The Bertz CT molecular complexity index is 805. The summed E-state index contributed by atoms with van der Waals surface area (Å²) in [7, 11) is 0. The van der Waals surface area contributed by atoms with Gasteiger partial charge in [0.05, 0.1) is 24.5 Å².